The molecule has 0 radical (unpaired) electrons. The topological polar surface area (TPSA) is 49.3 Å². The molecule has 3 unspecified atom stereocenters. The summed E-state index contributed by atoms with van der Waals surface area (Å²) in [7, 11) is 0. The summed E-state index contributed by atoms with van der Waals surface area (Å²) >= 11 is 0. The van der Waals surface area contributed by atoms with Crippen molar-refractivity contribution in [3.05, 3.63) is 102 Å². The fourth-order valence-corrected chi connectivity index (χ4v) is 4.64. The highest BCUT2D eigenvalue weighted by molar-refractivity contribution is 5.87. The van der Waals surface area contributed by atoms with Gasteiger partial charge < -0.3 is 10.4 Å². The Labute approximate surface area is 164 Å². The molecule has 28 heavy (non-hydrogen) atoms. The first-order valence-electron chi connectivity index (χ1n) is 9.67. The van der Waals surface area contributed by atoms with E-state index in [1.165, 1.54) is 22.4 Å². The molecule has 1 aliphatic heterocycles. The summed E-state index contributed by atoms with van der Waals surface area (Å²) in [4.78, 5) is 11.2. The lowest BCUT2D eigenvalue weighted by Gasteiger charge is -2.38. The standard InChI is InChI=1S/C25H21NO2/c27-25(28)18-14-12-17(13-15-18)23-21-10-5-9-20(21)22-11-4-8-19(24(22)26-23)16-6-2-1-3-7-16/h1-9,11-15,20-21,23,26H,10H2,(H,27,28). The molecule has 3 heteroatoms. The second kappa shape index (κ2) is 6.68. The largest absolute Gasteiger partial charge is 0.478 e. The highest BCUT2D eigenvalue weighted by Gasteiger charge is 2.38. The number of benzene rings is 3. The Balaban J connectivity index is 1.60. The molecule has 3 aromatic rings. The van der Waals surface area contributed by atoms with Gasteiger partial charge in [0, 0.05) is 17.2 Å². The molecular weight excluding hydrogens is 346 g/mol. The van der Waals surface area contributed by atoms with Gasteiger partial charge in [-0.1, -0.05) is 72.8 Å². The van der Waals surface area contributed by atoms with Gasteiger partial charge in [0.25, 0.3) is 0 Å². The van der Waals surface area contributed by atoms with Crippen LogP contribution in [-0.2, 0) is 0 Å². The second-order valence-electron chi connectivity index (χ2n) is 7.54. The van der Waals surface area contributed by atoms with Gasteiger partial charge in [-0.05, 0) is 41.2 Å². The summed E-state index contributed by atoms with van der Waals surface area (Å²) in [6.45, 7) is 0. The van der Waals surface area contributed by atoms with Crippen molar-refractivity contribution in [3.63, 3.8) is 0 Å². The van der Waals surface area contributed by atoms with Crippen LogP contribution < -0.4 is 5.32 Å². The van der Waals surface area contributed by atoms with Crippen LogP contribution in [0, 0.1) is 5.92 Å². The number of nitrogens with one attached hydrogen (secondary N) is 1. The van der Waals surface area contributed by atoms with Crippen LogP contribution in [0.5, 0.6) is 0 Å². The van der Waals surface area contributed by atoms with Crippen molar-refractivity contribution >= 4 is 11.7 Å². The number of allylic oxidation sites excluding steroid dienone is 2. The van der Waals surface area contributed by atoms with E-state index in [0.29, 0.717) is 17.4 Å². The minimum Gasteiger partial charge on any atom is -0.478 e. The van der Waals surface area contributed by atoms with E-state index >= 15 is 0 Å². The van der Waals surface area contributed by atoms with Gasteiger partial charge in [-0.3, -0.25) is 0 Å². The third-order valence-corrected chi connectivity index (χ3v) is 6.00. The smallest absolute Gasteiger partial charge is 0.335 e. The van der Waals surface area contributed by atoms with E-state index in [-0.39, 0.29) is 6.04 Å². The number of carboxylic acid groups (broad SMARTS) is 1. The Morgan fingerprint density at radius 1 is 0.929 bits per heavy atom. The van der Waals surface area contributed by atoms with Crippen molar-refractivity contribution in [1.82, 2.24) is 0 Å². The normalized spacial score (nSPS) is 22.2. The van der Waals surface area contributed by atoms with E-state index in [1.54, 1.807) is 12.1 Å². The van der Waals surface area contributed by atoms with Gasteiger partial charge in [-0.2, -0.15) is 0 Å². The molecule has 0 saturated carbocycles. The summed E-state index contributed by atoms with van der Waals surface area (Å²) < 4.78 is 0. The van der Waals surface area contributed by atoms with Crippen molar-refractivity contribution in [3.8, 4) is 11.1 Å². The quantitative estimate of drug-likeness (QED) is 0.569. The fraction of sp³-hybridized carbons (Fsp3) is 0.160. The van der Waals surface area contributed by atoms with Crippen LogP contribution in [-0.4, -0.2) is 11.1 Å². The van der Waals surface area contributed by atoms with Gasteiger partial charge in [0.15, 0.2) is 0 Å². The van der Waals surface area contributed by atoms with Crippen molar-refractivity contribution in [2.45, 2.75) is 18.4 Å². The van der Waals surface area contributed by atoms with Crippen LogP contribution in [0.2, 0.25) is 0 Å². The Hall–Kier alpha value is -3.33. The monoisotopic (exact) mass is 367 g/mol. The van der Waals surface area contributed by atoms with Crippen LogP contribution >= 0.6 is 0 Å². The Bertz CT molecular complexity index is 1050. The Morgan fingerprint density at radius 2 is 1.71 bits per heavy atom. The minimum absolute atomic E-state index is 0.153. The molecule has 0 fully saturated rings. The van der Waals surface area contributed by atoms with Gasteiger partial charge in [-0.25, -0.2) is 4.79 Å². The predicted octanol–water partition coefficient (Wildman–Crippen LogP) is 5.88. The number of hydrogen-bond acceptors (Lipinski definition) is 2. The summed E-state index contributed by atoms with van der Waals surface area (Å²) in [5.74, 6) is -0.0708. The molecule has 3 atom stereocenters. The molecule has 0 aromatic heterocycles. The van der Waals surface area contributed by atoms with Gasteiger partial charge >= 0.3 is 5.97 Å². The molecule has 1 heterocycles. The Kier molecular flexibility index (Phi) is 4.01. The predicted molar refractivity (Wildman–Crippen MR) is 112 cm³/mol. The first kappa shape index (κ1) is 16.8. The maximum absolute atomic E-state index is 11.2. The number of aromatic carboxylic acids is 1. The molecule has 0 amide bonds. The zero-order valence-electron chi connectivity index (χ0n) is 15.4. The lowest BCUT2D eigenvalue weighted by atomic mass is 9.76. The van der Waals surface area contributed by atoms with Crippen LogP contribution in [0.1, 0.15) is 39.9 Å². The van der Waals surface area contributed by atoms with Crippen LogP contribution in [0.15, 0.2) is 84.9 Å². The molecule has 3 nitrogen and oxygen atoms in total. The maximum Gasteiger partial charge on any atom is 0.335 e. The van der Waals surface area contributed by atoms with E-state index in [0.717, 1.165) is 12.0 Å². The maximum atomic E-state index is 11.2. The third-order valence-electron chi connectivity index (χ3n) is 6.00. The minimum atomic E-state index is -0.889. The molecule has 138 valence electrons. The number of para-hydroxylation sites is 1. The summed E-state index contributed by atoms with van der Waals surface area (Å²) in [6.07, 6.45) is 5.63. The third kappa shape index (κ3) is 2.71. The highest BCUT2D eigenvalue weighted by atomic mass is 16.4. The number of rotatable bonds is 3. The van der Waals surface area contributed by atoms with Crippen LogP contribution in [0.4, 0.5) is 5.69 Å². The molecule has 5 rings (SSSR count). The summed E-state index contributed by atoms with van der Waals surface area (Å²) in [6, 6.07) is 24.5. The van der Waals surface area contributed by atoms with Crippen molar-refractivity contribution in [1.29, 1.82) is 0 Å². The van der Waals surface area contributed by atoms with Gasteiger partial charge in [-0.15, -0.1) is 0 Å². The van der Waals surface area contributed by atoms with Crippen LogP contribution in [0.3, 0.4) is 0 Å². The first-order chi connectivity index (χ1) is 13.7. The van der Waals surface area contributed by atoms with E-state index in [1.807, 2.05) is 18.2 Å². The van der Waals surface area contributed by atoms with Crippen molar-refractivity contribution in [2.75, 3.05) is 5.32 Å². The van der Waals surface area contributed by atoms with E-state index in [9.17, 15) is 9.90 Å². The van der Waals surface area contributed by atoms with Gasteiger partial charge in [0.1, 0.15) is 0 Å². The average Bonchev–Trinajstić information content (AvgIpc) is 3.24. The summed E-state index contributed by atoms with van der Waals surface area (Å²) in [5, 5.41) is 13.0. The van der Waals surface area contributed by atoms with Crippen molar-refractivity contribution < 1.29 is 9.90 Å². The number of hydrogen-bond donors (Lipinski definition) is 2. The molecular formula is C25H21NO2. The van der Waals surface area contributed by atoms with E-state index in [4.69, 9.17) is 0 Å². The van der Waals surface area contributed by atoms with Gasteiger partial charge in [0.2, 0.25) is 0 Å². The SMILES string of the molecule is O=C(O)c1ccc(C2Nc3c(-c4ccccc4)cccc3C3C=CCC32)cc1. The summed E-state index contributed by atoms with van der Waals surface area (Å²) in [5.41, 5.74) is 6.41. The van der Waals surface area contributed by atoms with Gasteiger partial charge in [0.05, 0.1) is 11.6 Å². The molecule has 1 aliphatic carbocycles. The van der Waals surface area contributed by atoms with Crippen molar-refractivity contribution in [2.24, 2.45) is 5.92 Å². The molecule has 0 bridgehead atoms. The van der Waals surface area contributed by atoms with E-state index in [2.05, 4.69) is 59.9 Å². The number of anilines is 1. The Morgan fingerprint density at radius 3 is 2.46 bits per heavy atom. The van der Waals surface area contributed by atoms with E-state index < -0.39 is 5.97 Å². The molecule has 3 aromatic carbocycles. The lowest BCUT2D eigenvalue weighted by molar-refractivity contribution is 0.0697. The number of carboxylic acids is 1. The highest BCUT2D eigenvalue weighted by Crippen LogP contribution is 2.52. The molecule has 2 aliphatic rings. The molecule has 2 N–H and O–H groups in total. The lowest BCUT2D eigenvalue weighted by Crippen LogP contribution is -2.29. The number of fused-ring (bicyclic) bond motifs is 3. The fourth-order valence-electron chi connectivity index (χ4n) is 4.64. The second-order valence-corrected chi connectivity index (χ2v) is 7.54. The molecule has 0 spiro atoms. The first-order valence-corrected chi connectivity index (χ1v) is 9.67. The number of carbonyl (C=O) groups is 1. The van der Waals surface area contributed by atoms with Crippen LogP contribution in [0.25, 0.3) is 11.1 Å². The zero-order valence-corrected chi connectivity index (χ0v) is 15.4. The zero-order chi connectivity index (χ0) is 19.1. The molecule has 0 saturated heterocycles. The average molecular weight is 367 g/mol.